The second kappa shape index (κ2) is 7.68. The normalized spacial score (nSPS) is 10.5. The first-order valence-electron chi connectivity index (χ1n) is 6.52. The number of rotatable bonds is 8. The third kappa shape index (κ3) is 5.16. The van der Waals surface area contributed by atoms with E-state index >= 15 is 0 Å². The van der Waals surface area contributed by atoms with Crippen LogP contribution in [0.4, 0.5) is 11.9 Å². The number of anilines is 2. The quantitative estimate of drug-likeness (QED) is 0.739. The fraction of sp³-hybridized carbons (Fsp3) is 0.750. The van der Waals surface area contributed by atoms with Gasteiger partial charge in [0, 0.05) is 13.1 Å². The third-order valence-corrected chi connectivity index (χ3v) is 2.05. The molecule has 0 aromatic carbocycles. The molecule has 0 atom stereocenters. The van der Waals surface area contributed by atoms with Gasteiger partial charge >= 0.3 is 6.01 Å². The van der Waals surface area contributed by atoms with Gasteiger partial charge in [0.05, 0.1) is 6.61 Å². The number of nitrogens with zero attached hydrogens (tertiary/aromatic N) is 3. The maximum atomic E-state index is 5.45. The predicted molar refractivity (Wildman–Crippen MR) is 73.1 cm³/mol. The molecule has 0 aliphatic rings. The van der Waals surface area contributed by atoms with Crippen molar-refractivity contribution in [2.24, 2.45) is 5.92 Å². The fourth-order valence-corrected chi connectivity index (χ4v) is 1.23. The molecule has 0 unspecified atom stereocenters. The SMILES string of the molecule is CCCOc1nc(NCC)nc(NCC(C)C)n1. The average molecular weight is 253 g/mol. The molecule has 0 aliphatic carbocycles. The zero-order valence-electron chi connectivity index (χ0n) is 11.7. The van der Waals surface area contributed by atoms with E-state index in [2.05, 4.69) is 39.4 Å². The molecule has 1 heterocycles. The van der Waals surface area contributed by atoms with Crippen LogP contribution in [0, 0.1) is 5.92 Å². The average Bonchev–Trinajstić information content (AvgIpc) is 2.34. The third-order valence-electron chi connectivity index (χ3n) is 2.05. The molecule has 0 fully saturated rings. The summed E-state index contributed by atoms with van der Waals surface area (Å²) in [5, 5.41) is 6.25. The number of aromatic nitrogens is 3. The Kier molecular flexibility index (Phi) is 6.18. The van der Waals surface area contributed by atoms with Crippen molar-refractivity contribution in [1.82, 2.24) is 15.0 Å². The first-order valence-corrected chi connectivity index (χ1v) is 6.52. The summed E-state index contributed by atoms with van der Waals surface area (Å²) < 4.78 is 5.45. The molecule has 2 N–H and O–H groups in total. The molecule has 102 valence electrons. The van der Waals surface area contributed by atoms with E-state index in [1.54, 1.807) is 0 Å². The maximum Gasteiger partial charge on any atom is 0.323 e. The Morgan fingerprint density at radius 2 is 1.72 bits per heavy atom. The van der Waals surface area contributed by atoms with Crippen LogP contribution in [0.25, 0.3) is 0 Å². The lowest BCUT2D eigenvalue weighted by Gasteiger charge is -2.10. The Morgan fingerprint density at radius 1 is 1.06 bits per heavy atom. The number of nitrogens with one attached hydrogen (secondary N) is 2. The number of hydrogen-bond donors (Lipinski definition) is 2. The van der Waals surface area contributed by atoms with Gasteiger partial charge < -0.3 is 15.4 Å². The molecule has 0 saturated heterocycles. The van der Waals surface area contributed by atoms with Crippen LogP contribution in [0.5, 0.6) is 6.01 Å². The van der Waals surface area contributed by atoms with Crippen molar-refractivity contribution in [2.75, 3.05) is 30.3 Å². The van der Waals surface area contributed by atoms with Crippen molar-refractivity contribution in [2.45, 2.75) is 34.1 Å². The second-order valence-corrected chi connectivity index (χ2v) is 4.42. The standard InChI is InChI=1S/C12H23N5O/c1-5-7-18-12-16-10(13-6-2)15-11(17-12)14-8-9(3)4/h9H,5-8H2,1-4H3,(H2,13,14,15,16,17). The molecule has 18 heavy (non-hydrogen) atoms. The summed E-state index contributed by atoms with van der Waals surface area (Å²) in [6.07, 6.45) is 0.928. The highest BCUT2D eigenvalue weighted by Gasteiger charge is 2.07. The van der Waals surface area contributed by atoms with Gasteiger partial charge in [-0.05, 0) is 19.3 Å². The molecule has 6 nitrogen and oxygen atoms in total. The van der Waals surface area contributed by atoms with Gasteiger partial charge in [0.1, 0.15) is 0 Å². The van der Waals surface area contributed by atoms with E-state index in [1.807, 2.05) is 13.8 Å². The zero-order valence-corrected chi connectivity index (χ0v) is 11.7. The molecule has 1 aromatic heterocycles. The first-order chi connectivity index (χ1) is 8.65. The van der Waals surface area contributed by atoms with Crippen LogP contribution >= 0.6 is 0 Å². The van der Waals surface area contributed by atoms with Crippen molar-refractivity contribution < 1.29 is 4.74 Å². The van der Waals surface area contributed by atoms with Crippen LogP contribution < -0.4 is 15.4 Å². The predicted octanol–water partition coefficient (Wildman–Crippen LogP) is 2.16. The number of ether oxygens (including phenoxy) is 1. The van der Waals surface area contributed by atoms with Gasteiger partial charge in [-0.15, -0.1) is 0 Å². The minimum absolute atomic E-state index is 0.369. The van der Waals surface area contributed by atoms with Crippen molar-refractivity contribution >= 4 is 11.9 Å². The smallest absolute Gasteiger partial charge is 0.323 e. The van der Waals surface area contributed by atoms with Crippen LogP contribution in [-0.2, 0) is 0 Å². The molecule has 0 radical (unpaired) electrons. The van der Waals surface area contributed by atoms with Gasteiger partial charge in [0.25, 0.3) is 0 Å². The van der Waals surface area contributed by atoms with Crippen molar-refractivity contribution in [3.8, 4) is 6.01 Å². The molecular formula is C12H23N5O. The van der Waals surface area contributed by atoms with E-state index in [1.165, 1.54) is 0 Å². The van der Waals surface area contributed by atoms with E-state index in [0.717, 1.165) is 19.5 Å². The summed E-state index contributed by atoms with van der Waals surface area (Å²) in [5.74, 6) is 1.63. The topological polar surface area (TPSA) is 72.0 Å². The Balaban J connectivity index is 2.76. The highest BCUT2D eigenvalue weighted by molar-refractivity contribution is 5.35. The fourth-order valence-electron chi connectivity index (χ4n) is 1.23. The molecule has 0 aliphatic heterocycles. The summed E-state index contributed by atoms with van der Waals surface area (Å²) >= 11 is 0. The van der Waals surface area contributed by atoms with Gasteiger partial charge in [-0.2, -0.15) is 15.0 Å². The molecule has 0 spiro atoms. The summed E-state index contributed by atoms with van der Waals surface area (Å²) in [5.41, 5.74) is 0. The lowest BCUT2D eigenvalue weighted by molar-refractivity contribution is 0.292. The van der Waals surface area contributed by atoms with Crippen molar-refractivity contribution in [1.29, 1.82) is 0 Å². The van der Waals surface area contributed by atoms with Gasteiger partial charge in [-0.1, -0.05) is 20.8 Å². The monoisotopic (exact) mass is 253 g/mol. The van der Waals surface area contributed by atoms with E-state index in [4.69, 9.17) is 4.74 Å². The molecule has 1 aromatic rings. The largest absolute Gasteiger partial charge is 0.463 e. The summed E-state index contributed by atoms with van der Waals surface area (Å²) in [4.78, 5) is 12.7. The Hall–Kier alpha value is -1.59. The van der Waals surface area contributed by atoms with E-state index in [0.29, 0.717) is 30.4 Å². The van der Waals surface area contributed by atoms with E-state index in [-0.39, 0.29) is 0 Å². The Morgan fingerprint density at radius 3 is 2.28 bits per heavy atom. The molecule has 1 rings (SSSR count). The molecule has 0 saturated carbocycles. The highest BCUT2D eigenvalue weighted by atomic mass is 16.5. The van der Waals surface area contributed by atoms with E-state index in [9.17, 15) is 0 Å². The van der Waals surface area contributed by atoms with Gasteiger partial charge in [-0.3, -0.25) is 0 Å². The first kappa shape index (κ1) is 14.5. The lowest BCUT2D eigenvalue weighted by atomic mass is 10.2. The van der Waals surface area contributed by atoms with Crippen LogP contribution in [0.15, 0.2) is 0 Å². The van der Waals surface area contributed by atoms with Gasteiger partial charge in [0.2, 0.25) is 11.9 Å². The molecule has 0 bridgehead atoms. The van der Waals surface area contributed by atoms with E-state index < -0.39 is 0 Å². The molecule has 6 heteroatoms. The van der Waals surface area contributed by atoms with Crippen molar-refractivity contribution in [3.05, 3.63) is 0 Å². The maximum absolute atomic E-state index is 5.45. The minimum atomic E-state index is 0.369. The molecule has 0 amide bonds. The zero-order chi connectivity index (χ0) is 13.4. The lowest BCUT2D eigenvalue weighted by Crippen LogP contribution is -2.14. The van der Waals surface area contributed by atoms with Crippen molar-refractivity contribution in [3.63, 3.8) is 0 Å². The summed E-state index contributed by atoms with van der Waals surface area (Å²) in [6.45, 7) is 10.5. The second-order valence-electron chi connectivity index (χ2n) is 4.42. The minimum Gasteiger partial charge on any atom is -0.463 e. The van der Waals surface area contributed by atoms with Crippen LogP contribution in [0.2, 0.25) is 0 Å². The highest BCUT2D eigenvalue weighted by Crippen LogP contribution is 2.11. The summed E-state index contributed by atoms with van der Waals surface area (Å²) in [7, 11) is 0. The molecular weight excluding hydrogens is 230 g/mol. The number of hydrogen-bond acceptors (Lipinski definition) is 6. The van der Waals surface area contributed by atoms with Gasteiger partial charge in [-0.25, -0.2) is 0 Å². The Labute approximate surface area is 109 Å². The van der Waals surface area contributed by atoms with Crippen LogP contribution in [-0.4, -0.2) is 34.6 Å². The van der Waals surface area contributed by atoms with Gasteiger partial charge in [0.15, 0.2) is 0 Å². The van der Waals surface area contributed by atoms with Crippen LogP contribution in [0.1, 0.15) is 34.1 Å². The summed E-state index contributed by atoms with van der Waals surface area (Å²) in [6, 6.07) is 0.369. The van der Waals surface area contributed by atoms with Crippen LogP contribution in [0.3, 0.4) is 0 Å². The Bertz CT molecular complexity index is 356.